The second-order valence-electron chi connectivity index (χ2n) is 3.45. The van der Waals surface area contributed by atoms with Gasteiger partial charge in [-0.15, -0.1) is 0 Å². The van der Waals surface area contributed by atoms with E-state index in [4.69, 9.17) is 5.53 Å². The van der Waals surface area contributed by atoms with Crippen molar-refractivity contribution in [2.45, 2.75) is 26.1 Å². The highest BCUT2D eigenvalue weighted by Crippen LogP contribution is 2.32. The second kappa shape index (κ2) is 4.45. The van der Waals surface area contributed by atoms with Crippen LogP contribution in [0.15, 0.2) is 23.3 Å². The molecule has 0 saturated carbocycles. The quantitative estimate of drug-likeness (QED) is 0.410. The molecule has 1 rings (SSSR count). The first-order valence-corrected chi connectivity index (χ1v) is 4.58. The van der Waals surface area contributed by atoms with Gasteiger partial charge >= 0.3 is 6.18 Å². The maximum absolute atomic E-state index is 12.4. The van der Waals surface area contributed by atoms with Gasteiger partial charge < -0.3 is 0 Å². The van der Waals surface area contributed by atoms with Crippen LogP contribution in [0.4, 0.5) is 13.2 Å². The molecule has 0 amide bonds. The fourth-order valence-electron chi connectivity index (χ4n) is 1.46. The van der Waals surface area contributed by atoms with Gasteiger partial charge in [-0.25, -0.2) is 0 Å². The summed E-state index contributed by atoms with van der Waals surface area (Å²) in [5.74, 6) is 0. The minimum atomic E-state index is -4.34. The lowest BCUT2D eigenvalue weighted by Gasteiger charge is -2.12. The topological polar surface area (TPSA) is 48.8 Å². The smallest absolute Gasteiger partial charge is 0.166 e. The maximum atomic E-state index is 12.4. The number of azide groups is 1. The normalized spacial score (nSPS) is 13.1. The number of nitrogens with zero attached hydrogens (tertiary/aromatic N) is 3. The van der Waals surface area contributed by atoms with Gasteiger partial charge in [0, 0.05) is 4.91 Å². The zero-order valence-corrected chi connectivity index (χ0v) is 8.78. The largest absolute Gasteiger partial charge is 0.416 e. The number of alkyl halides is 3. The predicted octanol–water partition coefficient (Wildman–Crippen LogP) is 4.39. The Hall–Kier alpha value is -1.68. The number of benzene rings is 1. The molecule has 0 N–H and O–H groups in total. The van der Waals surface area contributed by atoms with Crippen LogP contribution in [0.2, 0.25) is 0 Å². The molecule has 0 spiro atoms. The summed E-state index contributed by atoms with van der Waals surface area (Å²) in [7, 11) is 0. The van der Waals surface area contributed by atoms with Crippen LogP contribution in [0.25, 0.3) is 10.4 Å². The van der Waals surface area contributed by atoms with Gasteiger partial charge in [-0.1, -0.05) is 18.1 Å². The molecule has 0 aliphatic heterocycles. The lowest BCUT2D eigenvalue weighted by Crippen LogP contribution is -2.06. The van der Waals surface area contributed by atoms with Crippen molar-refractivity contribution in [2.75, 3.05) is 0 Å². The van der Waals surface area contributed by atoms with E-state index in [1.165, 1.54) is 6.07 Å². The Morgan fingerprint density at radius 2 is 2.00 bits per heavy atom. The summed E-state index contributed by atoms with van der Waals surface area (Å²) in [6, 6.07) is 2.93. The number of rotatable bonds is 2. The van der Waals surface area contributed by atoms with Gasteiger partial charge in [0.2, 0.25) is 0 Å². The third-order valence-electron chi connectivity index (χ3n) is 2.27. The van der Waals surface area contributed by atoms with Crippen LogP contribution in [0.1, 0.15) is 29.7 Å². The Kier molecular flexibility index (Phi) is 3.44. The fraction of sp³-hybridized carbons (Fsp3) is 0.400. The van der Waals surface area contributed by atoms with Crippen molar-refractivity contribution >= 4 is 0 Å². The molecule has 1 atom stereocenters. The van der Waals surface area contributed by atoms with E-state index in [0.717, 1.165) is 12.1 Å². The monoisotopic (exact) mass is 229 g/mol. The van der Waals surface area contributed by atoms with Crippen molar-refractivity contribution in [1.29, 1.82) is 0 Å². The third-order valence-corrected chi connectivity index (χ3v) is 2.27. The molecule has 0 bridgehead atoms. The molecule has 0 aliphatic rings. The Morgan fingerprint density at radius 1 is 1.38 bits per heavy atom. The summed E-state index contributed by atoms with van der Waals surface area (Å²) in [6.07, 6.45) is -4.34. The van der Waals surface area contributed by atoms with Crippen molar-refractivity contribution in [1.82, 2.24) is 0 Å². The first-order valence-electron chi connectivity index (χ1n) is 4.58. The summed E-state index contributed by atoms with van der Waals surface area (Å²) >= 11 is 0. The van der Waals surface area contributed by atoms with Crippen LogP contribution in [0.3, 0.4) is 0 Å². The Bertz CT molecular complexity index is 433. The molecule has 6 heteroatoms. The fourth-order valence-corrected chi connectivity index (χ4v) is 1.46. The standard InChI is InChI=1S/C10H10F3N3/c1-6-5-8(10(11,12)13)3-4-9(6)7(2)15-16-14/h3-5,7H,1-2H3. The minimum Gasteiger partial charge on any atom is -0.166 e. The number of hydrogen-bond acceptors (Lipinski definition) is 1. The Balaban J connectivity index is 3.14. The summed E-state index contributed by atoms with van der Waals surface area (Å²) in [5, 5.41) is 3.45. The SMILES string of the molecule is Cc1cc(C(F)(F)F)ccc1C(C)N=[N+]=[N-]. The number of aryl methyl sites for hydroxylation is 1. The third kappa shape index (κ3) is 2.67. The van der Waals surface area contributed by atoms with Crippen molar-refractivity contribution in [3.05, 3.63) is 45.3 Å². The van der Waals surface area contributed by atoms with Gasteiger partial charge in [-0.3, -0.25) is 0 Å². The van der Waals surface area contributed by atoms with E-state index in [1.54, 1.807) is 13.8 Å². The molecular weight excluding hydrogens is 219 g/mol. The molecule has 16 heavy (non-hydrogen) atoms. The summed E-state index contributed by atoms with van der Waals surface area (Å²) in [5.41, 5.74) is 8.63. The van der Waals surface area contributed by atoms with Gasteiger partial charge in [0.15, 0.2) is 0 Å². The van der Waals surface area contributed by atoms with Gasteiger partial charge in [-0.2, -0.15) is 13.2 Å². The highest BCUT2D eigenvalue weighted by molar-refractivity contribution is 5.34. The van der Waals surface area contributed by atoms with Crippen molar-refractivity contribution < 1.29 is 13.2 Å². The van der Waals surface area contributed by atoms with E-state index in [-0.39, 0.29) is 0 Å². The first-order chi connectivity index (χ1) is 7.36. The summed E-state index contributed by atoms with van der Waals surface area (Å²) in [4.78, 5) is 2.63. The maximum Gasteiger partial charge on any atom is 0.416 e. The molecule has 0 radical (unpaired) electrons. The van der Waals surface area contributed by atoms with E-state index in [9.17, 15) is 13.2 Å². The molecule has 0 saturated heterocycles. The van der Waals surface area contributed by atoms with Crippen molar-refractivity contribution in [2.24, 2.45) is 5.11 Å². The molecule has 0 heterocycles. The Labute approximate surface area is 90.5 Å². The van der Waals surface area contributed by atoms with E-state index < -0.39 is 17.8 Å². The molecule has 1 aromatic rings. The number of hydrogen-bond donors (Lipinski definition) is 0. The molecule has 0 aliphatic carbocycles. The Morgan fingerprint density at radius 3 is 2.44 bits per heavy atom. The summed E-state index contributed by atoms with van der Waals surface area (Å²) in [6.45, 7) is 3.20. The molecule has 1 unspecified atom stereocenters. The lowest BCUT2D eigenvalue weighted by atomic mass is 10.0. The molecule has 0 aromatic heterocycles. The van der Waals surface area contributed by atoms with E-state index in [2.05, 4.69) is 10.0 Å². The van der Waals surface area contributed by atoms with Crippen molar-refractivity contribution in [3.8, 4) is 0 Å². The highest BCUT2D eigenvalue weighted by atomic mass is 19.4. The first kappa shape index (κ1) is 12.4. The van der Waals surface area contributed by atoms with Crippen LogP contribution in [-0.4, -0.2) is 0 Å². The van der Waals surface area contributed by atoms with Crippen LogP contribution < -0.4 is 0 Å². The lowest BCUT2D eigenvalue weighted by molar-refractivity contribution is -0.137. The predicted molar refractivity (Wildman–Crippen MR) is 53.7 cm³/mol. The highest BCUT2D eigenvalue weighted by Gasteiger charge is 2.30. The average Bonchev–Trinajstić information content (AvgIpc) is 2.16. The molecule has 0 fully saturated rings. The van der Waals surface area contributed by atoms with E-state index in [1.807, 2.05) is 0 Å². The van der Waals surface area contributed by atoms with Crippen LogP contribution >= 0.6 is 0 Å². The van der Waals surface area contributed by atoms with Crippen LogP contribution in [-0.2, 0) is 6.18 Å². The van der Waals surface area contributed by atoms with Crippen molar-refractivity contribution in [3.63, 3.8) is 0 Å². The minimum absolute atomic E-state index is 0.465. The average molecular weight is 229 g/mol. The summed E-state index contributed by atoms with van der Waals surface area (Å²) < 4.78 is 37.1. The zero-order chi connectivity index (χ0) is 12.3. The van der Waals surface area contributed by atoms with Gasteiger partial charge in [0.05, 0.1) is 11.6 Å². The number of halogens is 3. The van der Waals surface area contributed by atoms with Crippen LogP contribution in [0.5, 0.6) is 0 Å². The molecule has 86 valence electrons. The molecule has 1 aromatic carbocycles. The van der Waals surface area contributed by atoms with Crippen LogP contribution in [0, 0.1) is 6.92 Å². The van der Waals surface area contributed by atoms with Gasteiger partial charge in [-0.05, 0) is 35.7 Å². The zero-order valence-electron chi connectivity index (χ0n) is 8.78. The van der Waals surface area contributed by atoms with Gasteiger partial charge in [0.1, 0.15) is 0 Å². The van der Waals surface area contributed by atoms with E-state index >= 15 is 0 Å². The van der Waals surface area contributed by atoms with Gasteiger partial charge in [0.25, 0.3) is 0 Å². The second-order valence-corrected chi connectivity index (χ2v) is 3.45. The molecular formula is C10H10F3N3. The van der Waals surface area contributed by atoms with E-state index in [0.29, 0.717) is 11.1 Å². The molecule has 3 nitrogen and oxygen atoms in total.